The van der Waals surface area contributed by atoms with Gasteiger partial charge in [0.1, 0.15) is 0 Å². The topological polar surface area (TPSA) is 60.0 Å². The minimum atomic E-state index is 0.474. The van der Waals surface area contributed by atoms with Gasteiger partial charge in [0.15, 0.2) is 0 Å². The second kappa shape index (κ2) is 4.06. The summed E-state index contributed by atoms with van der Waals surface area (Å²) < 4.78 is 1.96. The molecule has 0 radical (unpaired) electrons. The Morgan fingerprint density at radius 2 is 2.50 bits per heavy atom. The maximum Gasteiger partial charge on any atom is 0.0962 e. The van der Waals surface area contributed by atoms with Gasteiger partial charge in [0, 0.05) is 13.1 Å². The summed E-state index contributed by atoms with van der Waals surface area (Å²) in [4.78, 5) is 2.33. The van der Waals surface area contributed by atoms with Crippen molar-refractivity contribution in [3.05, 3.63) is 11.9 Å². The van der Waals surface area contributed by atoms with Crippen LogP contribution in [0.2, 0.25) is 0 Å². The van der Waals surface area contributed by atoms with Crippen molar-refractivity contribution >= 4 is 0 Å². The molecule has 0 saturated carbocycles. The number of likely N-dealkylation sites (tertiary alicyclic amines) is 1. The van der Waals surface area contributed by atoms with E-state index in [1.165, 1.54) is 19.4 Å². The van der Waals surface area contributed by atoms with Gasteiger partial charge in [-0.1, -0.05) is 5.21 Å². The highest BCUT2D eigenvalue weighted by atomic mass is 15.4. The Bertz CT molecular complexity index is 295. The molecule has 5 nitrogen and oxygen atoms in total. The molecule has 1 fully saturated rings. The van der Waals surface area contributed by atoms with E-state index in [1.807, 2.05) is 10.9 Å². The average Bonchev–Trinajstić information content (AvgIpc) is 2.66. The highest BCUT2D eigenvalue weighted by Crippen LogP contribution is 2.19. The van der Waals surface area contributed by atoms with Gasteiger partial charge >= 0.3 is 0 Å². The normalized spacial score (nSPS) is 24.0. The Balaban J connectivity index is 2.06. The summed E-state index contributed by atoms with van der Waals surface area (Å²) in [5.74, 6) is 0. The van der Waals surface area contributed by atoms with Crippen LogP contribution in [0, 0.1) is 0 Å². The number of likely N-dealkylation sites (N-methyl/N-ethyl adjacent to an activating group) is 1. The zero-order valence-electron chi connectivity index (χ0n) is 8.56. The summed E-state index contributed by atoms with van der Waals surface area (Å²) in [5.41, 5.74) is 6.37. The second-order valence-electron chi connectivity index (χ2n) is 3.95. The third-order valence-electron chi connectivity index (χ3n) is 2.74. The van der Waals surface area contributed by atoms with Crippen LogP contribution < -0.4 is 5.73 Å². The van der Waals surface area contributed by atoms with Crippen molar-refractivity contribution in [3.8, 4) is 0 Å². The lowest BCUT2D eigenvalue weighted by Gasteiger charge is -2.29. The molecule has 0 aliphatic carbocycles. The molecule has 1 atom stereocenters. The number of nitrogens with two attached hydrogens (primary N) is 1. The molecule has 0 aromatic carbocycles. The van der Waals surface area contributed by atoms with Crippen molar-refractivity contribution in [3.63, 3.8) is 0 Å². The van der Waals surface area contributed by atoms with Crippen LogP contribution in [-0.2, 0) is 6.54 Å². The minimum absolute atomic E-state index is 0.474. The van der Waals surface area contributed by atoms with E-state index in [1.54, 1.807) is 0 Å². The maximum atomic E-state index is 5.49. The molecule has 1 unspecified atom stereocenters. The molecule has 78 valence electrons. The van der Waals surface area contributed by atoms with Crippen LogP contribution in [0.25, 0.3) is 0 Å². The number of hydrogen-bond acceptors (Lipinski definition) is 4. The van der Waals surface area contributed by atoms with Crippen molar-refractivity contribution in [1.29, 1.82) is 0 Å². The molecule has 2 N–H and O–H groups in total. The summed E-state index contributed by atoms with van der Waals surface area (Å²) in [5, 5.41) is 8.11. The zero-order chi connectivity index (χ0) is 9.97. The highest BCUT2D eigenvalue weighted by Gasteiger charge is 2.19. The van der Waals surface area contributed by atoms with Crippen molar-refractivity contribution < 1.29 is 0 Å². The lowest BCUT2D eigenvalue weighted by molar-refractivity contribution is 0.200. The first-order chi connectivity index (χ1) is 6.79. The molecule has 0 bridgehead atoms. The quantitative estimate of drug-likeness (QED) is 0.722. The van der Waals surface area contributed by atoms with Crippen LogP contribution in [-0.4, -0.2) is 40.0 Å². The standard InChI is InChI=1S/C9H17N5/c1-13-4-2-3-9(7-13)14-6-8(5-10)11-12-14/h6,9H,2-5,7,10H2,1H3. The fourth-order valence-electron chi connectivity index (χ4n) is 1.94. The van der Waals surface area contributed by atoms with Crippen LogP contribution >= 0.6 is 0 Å². The molecule has 1 aromatic heterocycles. The molecule has 1 aromatic rings. The van der Waals surface area contributed by atoms with Crippen LogP contribution in [0.1, 0.15) is 24.6 Å². The smallest absolute Gasteiger partial charge is 0.0962 e. The highest BCUT2D eigenvalue weighted by molar-refractivity contribution is 4.92. The molecule has 2 rings (SSSR count). The van der Waals surface area contributed by atoms with Gasteiger partial charge in [-0.25, -0.2) is 4.68 Å². The number of aromatic nitrogens is 3. The minimum Gasteiger partial charge on any atom is -0.325 e. The summed E-state index contributed by atoms with van der Waals surface area (Å²) >= 11 is 0. The van der Waals surface area contributed by atoms with Gasteiger partial charge in [-0.15, -0.1) is 5.10 Å². The maximum absolute atomic E-state index is 5.49. The molecule has 1 aliphatic rings. The van der Waals surface area contributed by atoms with Gasteiger partial charge in [0.2, 0.25) is 0 Å². The van der Waals surface area contributed by atoms with E-state index in [0.29, 0.717) is 12.6 Å². The molecule has 14 heavy (non-hydrogen) atoms. The van der Waals surface area contributed by atoms with E-state index < -0.39 is 0 Å². The van der Waals surface area contributed by atoms with Gasteiger partial charge in [-0.05, 0) is 26.4 Å². The summed E-state index contributed by atoms with van der Waals surface area (Å²) in [6.07, 6.45) is 4.39. The number of piperidine rings is 1. The number of rotatable bonds is 2. The van der Waals surface area contributed by atoms with E-state index in [2.05, 4.69) is 22.3 Å². The Kier molecular flexibility index (Phi) is 2.79. The SMILES string of the molecule is CN1CCCC(n2cc(CN)nn2)C1. The third kappa shape index (κ3) is 1.93. The molecular formula is C9H17N5. The first kappa shape index (κ1) is 9.61. The lowest BCUT2D eigenvalue weighted by Crippen LogP contribution is -2.33. The molecule has 0 spiro atoms. The molecular weight excluding hydrogens is 178 g/mol. The van der Waals surface area contributed by atoms with Crippen molar-refractivity contribution in [1.82, 2.24) is 19.9 Å². The van der Waals surface area contributed by atoms with Crippen molar-refractivity contribution in [2.75, 3.05) is 20.1 Å². The van der Waals surface area contributed by atoms with Crippen LogP contribution in [0.5, 0.6) is 0 Å². The Morgan fingerprint density at radius 1 is 1.64 bits per heavy atom. The first-order valence-corrected chi connectivity index (χ1v) is 5.09. The fraction of sp³-hybridized carbons (Fsp3) is 0.778. The van der Waals surface area contributed by atoms with Gasteiger partial charge in [-0.2, -0.15) is 0 Å². The first-order valence-electron chi connectivity index (χ1n) is 5.09. The van der Waals surface area contributed by atoms with Crippen molar-refractivity contribution in [2.45, 2.75) is 25.4 Å². The van der Waals surface area contributed by atoms with E-state index in [-0.39, 0.29) is 0 Å². The molecule has 0 amide bonds. The lowest BCUT2D eigenvalue weighted by atomic mass is 10.1. The largest absolute Gasteiger partial charge is 0.325 e. The fourth-order valence-corrected chi connectivity index (χ4v) is 1.94. The Labute approximate surface area is 83.9 Å². The van der Waals surface area contributed by atoms with Gasteiger partial charge in [-0.3, -0.25) is 0 Å². The molecule has 1 saturated heterocycles. The monoisotopic (exact) mass is 195 g/mol. The average molecular weight is 195 g/mol. The summed E-state index contributed by atoms with van der Waals surface area (Å²) in [6.45, 7) is 2.73. The predicted octanol–water partition coefficient (Wildman–Crippen LogP) is 0.00350. The van der Waals surface area contributed by atoms with Gasteiger partial charge in [0.25, 0.3) is 0 Å². The second-order valence-corrected chi connectivity index (χ2v) is 3.95. The van der Waals surface area contributed by atoms with Crippen LogP contribution in [0.15, 0.2) is 6.20 Å². The predicted molar refractivity (Wildman–Crippen MR) is 53.7 cm³/mol. The third-order valence-corrected chi connectivity index (χ3v) is 2.74. The molecule has 1 aliphatic heterocycles. The van der Waals surface area contributed by atoms with E-state index in [0.717, 1.165) is 12.2 Å². The molecule has 2 heterocycles. The van der Waals surface area contributed by atoms with Crippen LogP contribution in [0.4, 0.5) is 0 Å². The zero-order valence-corrected chi connectivity index (χ0v) is 8.56. The van der Waals surface area contributed by atoms with E-state index in [4.69, 9.17) is 5.73 Å². The van der Waals surface area contributed by atoms with Gasteiger partial charge < -0.3 is 10.6 Å². The number of nitrogens with zero attached hydrogens (tertiary/aromatic N) is 4. The number of hydrogen-bond donors (Lipinski definition) is 1. The Hall–Kier alpha value is -0.940. The van der Waals surface area contributed by atoms with Gasteiger partial charge in [0.05, 0.1) is 17.9 Å². The van der Waals surface area contributed by atoms with Crippen LogP contribution in [0.3, 0.4) is 0 Å². The summed E-state index contributed by atoms with van der Waals surface area (Å²) in [6, 6.07) is 0.474. The molecule has 5 heteroatoms. The summed E-state index contributed by atoms with van der Waals surface area (Å²) in [7, 11) is 2.15. The van der Waals surface area contributed by atoms with E-state index >= 15 is 0 Å². The van der Waals surface area contributed by atoms with Crippen molar-refractivity contribution in [2.24, 2.45) is 5.73 Å². The van der Waals surface area contributed by atoms with E-state index in [9.17, 15) is 0 Å². The Morgan fingerprint density at radius 3 is 3.14 bits per heavy atom.